The van der Waals surface area contributed by atoms with Crippen molar-refractivity contribution >= 4 is 23.2 Å². The molecule has 0 unspecified atom stereocenters. The van der Waals surface area contributed by atoms with Gasteiger partial charge in [0, 0.05) is 24.3 Å². The highest BCUT2D eigenvalue weighted by atomic mass is 16.5. The fourth-order valence-electron chi connectivity index (χ4n) is 3.34. The van der Waals surface area contributed by atoms with E-state index in [1.807, 2.05) is 41.3 Å². The summed E-state index contributed by atoms with van der Waals surface area (Å²) in [6.07, 6.45) is 4.50. The maximum Gasteiger partial charge on any atom is 0.253 e. The third kappa shape index (κ3) is 5.25. The van der Waals surface area contributed by atoms with Gasteiger partial charge in [0.25, 0.3) is 5.91 Å². The Kier molecular flexibility index (Phi) is 6.89. The molecular weight excluding hydrogens is 354 g/mol. The first-order chi connectivity index (χ1) is 13.7. The molecule has 1 fully saturated rings. The Balaban J connectivity index is 1.58. The molecule has 1 heterocycles. The third-order valence-electron chi connectivity index (χ3n) is 4.84. The van der Waals surface area contributed by atoms with Gasteiger partial charge in [0.05, 0.1) is 19.3 Å². The van der Waals surface area contributed by atoms with E-state index < -0.39 is 0 Å². The number of methoxy groups -OCH3 is 1. The Bertz CT molecular complexity index is 814. The first-order valence-electron chi connectivity index (χ1n) is 9.73. The number of nitrogens with zero attached hydrogens (tertiary/aromatic N) is 1. The van der Waals surface area contributed by atoms with Gasteiger partial charge >= 0.3 is 0 Å². The van der Waals surface area contributed by atoms with Gasteiger partial charge in [-0.05, 0) is 43.2 Å². The number of likely N-dealkylation sites (tertiary alicyclic amines) is 1. The van der Waals surface area contributed by atoms with E-state index in [0.29, 0.717) is 17.0 Å². The second-order valence-electron chi connectivity index (χ2n) is 6.89. The zero-order valence-electron chi connectivity index (χ0n) is 16.2. The van der Waals surface area contributed by atoms with Gasteiger partial charge in [0.2, 0.25) is 5.91 Å². The molecule has 6 nitrogen and oxygen atoms in total. The molecule has 2 N–H and O–H groups in total. The summed E-state index contributed by atoms with van der Waals surface area (Å²) in [7, 11) is 1.57. The van der Waals surface area contributed by atoms with Crippen molar-refractivity contribution < 1.29 is 14.3 Å². The molecule has 0 radical (unpaired) electrons. The number of anilines is 2. The van der Waals surface area contributed by atoms with Crippen LogP contribution in [0.25, 0.3) is 0 Å². The van der Waals surface area contributed by atoms with Gasteiger partial charge in [-0.2, -0.15) is 0 Å². The van der Waals surface area contributed by atoms with Crippen LogP contribution in [0.3, 0.4) is 0 Å². The maximum absolute atomic E-state index is 12.8. The van der Waals surface area contributed by atoms with Gasteiger partial charge < -0.3 is 20.3 Å². The molecule has 0 aromatic heterocycles. The molecule has 0 aliphatic carbocycles. The normalized spacial score (nSPS) is 14.1. The van der Waals surface area contributed by atoms with Gasteiger partial charge in [-0.25, -0.2) is 0 Å². The van der Waals surface area contributed by atoms with Crippen molar-refractivity contribution in [2.45, 2.75) is 25.7 Å². The SMILES string of the molecule is COc1ccccc1NC(=O)CNc1cccc(C(=O)N2CCCCCC2)c1. The van der Waals surface area contributed by atoms with Crippen LogP contribution in [0.15, 0.2) is 48.5 Å². The first kappa shape index (κ1) is 19.7. The van der Waals surface area contributed by atoms with Crippen LogP contribution in [0.5, 0.6) is 5.75 Å². The predicted octanol–water partition coefficient (Wildman–Crippen LogP) is 3.76. The summed E-state index contributed by atoms with van der Waals surface area (Å²) in [5.41, 5.74) is 2.02. The van der Waals surface area contributed by atoms with E-state index >= 15 is 0 Å². The number of para-hydroxylation sites is 2. The summed E-state index contributed by atoms with van der Waals surface area (Å²) >= 11 is 0. The van der Waals surface area contributed by atoms with E-state index in [-0.39, 0.29) is 18.4 Å². The number of hydrogen-bond acceptors (Lipinski definition) is 4. The molecule has 1 saturated heterocycles. The van der Waals surface area contributed by atoms with Crippen molar-refractivity contribution in [1.82, 2.24) is 4.90 Å². The summed E-state index contributed by atoms with van der Waals surface area (Å²) in [6, 6.07) is 14.6. The molecule has 1 aliphatic rings. The second kappa shape index (κ2) is 9.78. The summed E-state index contributed by atoms with van der Waals surface area (Å²) in [4.78, 5) is 26.9. The van der Waals surface area contributed by atoms with Gasteiger partial charge in [-0.3, -0.25) is 9.59 Å². The Hall–Kier alpha value is -3.02. The van der Waals surface area contributed by atoms with Crippen LogP contribution >= 0.6 is 0 Å². The fraction of sp³-hybridized carbons (Fsp3) is 0.364. The van der Waals surface area contributed by atoms with Crippen molar-refractivity contribution in [3.63, 3.8) is 0 Å². The Labute approximate surface area is 165 Å². The zero-order chi connectivity index (χ0) is 19.8. The molecule has 6 heteroatoms. The molecule has 0 saturated carbocycles. The van der Waals surface area contributed by atoms with E-state index in [9.17, 15) is 9.59 Å². The Morgan fingerprint density at radius 1 is 1.00 bits per heavy atom. The van der Waals surface area contributed by atoms with Crippen LogP contribution in [0.4, 0.5) is 11.4 Å². The lowest BCUT2D eigenvalue weighted by Gasteiger charge is -2.20. The summed E-state index contributed by atoms with van der Waals surface area (Å²) in [5.74, 6) is 0.485. The van der Waals surface area contributed by atoms with Gasteiger partial charge in [-0.1, -0.05) is 31.0 Å². The van der Waals surface area contributed by atoms with Gasteiger partial charge in [-0.15, -0.1) is 0 Å². The molecule has 0 spiro atoms. The van der Waals surface area contributed by atoms with Crippen LogP contribution in [0, 0.1) is 0 Å². The average molecular weight is 381 g/mol. The van der Waals surface area contributed by atoms with Crippen LogP contribution in [0.2, 0.25) is 0 Å². The largest absolute Gasteiger partial charge is 0.495 e. The van der Waals surface area contributed by atoms with Crippen molar-refractivity contribution in [2.75, 3.05) is 37.4 Å². The van der Waals surface area contributed by atoms with E-state index in [4.69, 9.17) is 4.74 Å². The summed E-state index contributed by atoms with van der Waals surface area (Å²) < 4.78 is 5.24. The molecule has 28 heavy (non-hydrogen) atoms. The number of carbonyl (C=O) groups excluding carboxylic acids is 2. The minimum atomic E-state index is -0.186. The number of hydrogen-bond donors (Lipinski definition) is 2. The minimum absolute atomic E-state index is 0.0593. The van der Waals surface area contributed by atoms with E-state index in [1.165, 1.54) is 12.8 Å². The average Bonchev–Trinajstić information content (AvgIpc) is 3.02. The van der Waals surface area contributed by atoms with E-state index in [1.54, 1.807) is 19.2 Å². The molecule has 2 aromatic rings. The molecule has 2 aromatic carbocycles. The Morgan fingerprint density at radius 3 is 2.50 bits per heavy atom. The number of benzene rings is 2. The molecule has 1 aliphatic heterocycles. The highest BCUT2D eigenvalue weighted by Crippen LogP contribution is 2.23. The topological polar surface area (TPSA) is 70.7 Å². The first-order valence-corrected chi connectivity index (χ1v) is 9.73. The zero-order valence-corrected chi connectivity index (χ0v) is 16.2. The van der Waals surface area contributed by atoms with Crippen molar-refractivity contribution in [2.24, 2.45) is 0 Å². The summed E-state index contributed by atoms with van der Waals surface area (Å²) in [5, 5.41) is 5.92. The fourth-order valence-corrected chi connectivity index (χ4v) is 3.34. The van der Waals surface area contributed by atoms with E-state index in [2.05, 4.69) is 10.6 Å². The molecule has 3 rings (SSSR count). The smallest absolute Gasteiger partial charge is 0.253 e. The number of amides is 2. The van der Waals surface area contributed by atoms with Gasteiger partial charge in [0.1, 0.15) is 5.75 Å². The molecular formula is C22H27N3O3. The van der Waals surface area contributed by atoms with Crippen LogP contribution in [0.1, 0.15) is 36.0 Å². The summed E-state index contributed by atoms with van der Waals surface area (Å²) in [6.45, 7) is 1.73. The molecule has 2 amide bonds. The Morgan fingerprint density at radius 2 is 1.75 bits per heavy atom. The van der Waals surface area contributed by atoms with Crippen molar-refractivity contribution in [1.29, 1.82) is 0 Å². The standard InChI is InChI=1S/C22H27N3O3/c1-28-20-12-5-4-11-19(20)24-21(26)16-23-18-10-8-9-17(15-18)22(27)25-13-6-2-3-7-14-25/h4-5,8-12,15,23H,2-3,6-7,13-14,16H2,1H3,(H,24,26). The number of ether oxygens (including phenoxy) is 1. The van der Waals surface area contributed by atoms with Crippen LogP contribution < -0.4 is 15.4 Å². The third-order valence-corrected chi connectivity index (χ3v) is 4.84. The second-order valence-corrected chi connectivity index (χ2v) is 6.89. The lowest BCUT2D eigenvalue weighted by atomic mass is 10.1. The quantitative estimate of drug-likeness (QED) is 0.799. The van der Waals surface area contributed by atoms with Crippen LogP contribution in [-0.4, -0.2) is 43.5 Å². The molecule has 0 bridgehead atoms. The van der Waals surface area contributed by atoms with Crippen molar-refractivity contribution in [3.05, 3.63) is 54.1 Å². The van der Waals surface area contributed by atoms with Crippen LogP contribution in [-0.2, 0) is 4.79 Å². The lowest BCUT2D eigenvalue weighted by molar-refractivity contribution is -0.114. The molecule has 0 atom stereocenters. The highest BCUT2D eigenvalue weighted by Gasteiger charge is 2.17. The number of nitrogens with one attached hydrogen (secondary N) is 2. The number of carbonyl (C=O) groups is 2. The minimum Gasteiger partial charge on any atom is -0.495 e. The van der Waals surface area contributed by atoms with Crippen molar-refractivity contribution in [3.8, 4) is 5.75 Å². The molecule has 148 valence electrons. The number of rotatable bonds is 6. The predicted molar refractivity (Wildman–Crippen MR) is 111 cm³/mol. The highest BCUT2D eigenvalue weighted by molar-refractivity contribution is 5.96. The maximum atomic E-state index is 12.8. The van der Waals surface area contributed by atoms with Gasteiger partial charge in [0.15, 0.2) is 0 Å². The lowest BCUT2D eigenvalue weighted by Crippen LogP contribution is -2.31. The van der Waals surface area contributed by atoms with E-state index in [0.717, 1.165) is 31.6 Å². The monoisotopic (exact) mass is 381 g/mol.